The highest BCUT2D eigenvalue weighted by atomic mass is 35.5. The van der Waals surface area contributed by atoms with Gasteiger partial charge in [-0.3, -0.25) is 9.69 Å². The maximum atomic E-state index is 12.8. The highest BCUT2D eigenvalue weighted by molar-refractivity contribution is 7.13. The first-order valence-corrected chi connectivity index (χ1v) is 10.6. The van der Waals surface area contributed by atoms with Crippen molar-refractivity contribution in [1.82, 2.24) is 9.88 Å². The van der Waals surface area contributed by atoms with Crippen LogP contribution in [0.1, 0.15) is 43.9 Å². The quantitative estimate of drug-likeness (QED) is 0.806. The lowest BCUT2D eigenvalue weighted by atomic mass is 9.95. The fourth-order valence-electron chi connectivity index (χ4n) is 3.64. The summed E-state index contributed by atoms with van der Waals surface area (Å²) in [6, 6.07) is 7.62. The molecular weight excluding hydrogens is 366 g/mol. The molecule has 6 heteroatoms. The van der Waals surface area contributed by atoms with Gasteiger partial charge < -0.3 is 5.32 Å². The molecule has 2 fully saturated rings. The van der Waals surface area contributed by atoms with Crippen molar-refractivity contribution in [2.24, 2.45) is 5.92 Å². The molecule has 2 aliphatic rings. The molecule has 1 saturated heterocycles. The van der Waals surface area contributed by atoms with Gasteiger partial charge >= 0.3 is 0 Å². The van der Waals surface area contributed by atoms with Crippen LogP contribution in [0.2, 0.25) is 5.02 Å². The van der Waals surface area contributed by atoms with Crippen molar-refractivity contribution < 1.29 is 4.79 Å². The van der Waals surface area contributed by atoms with Crippen LogP contribution in [0.5, 0.6) is 0 Å². The monoisotopic (exact) mass is 389 g/mol. The van der Waals surface area contributed by atoms with Crippen LogP contribution in [0.3, 0.4) is 0 Å². The minimum Gasteiger partial charge on any atom is -0.301 e. The van der Waals surface area contributed by atoms with E-state index >= 15 is 0 Å². The van der Waals surface area contributed by atoms with E-state index in [4.69, 9.17) is 11.6 Å². The van der Waals surface area contributed by atoms with E-state index in [1.54, 1.807) is 0 Å². The van der Waals surface area contributed by atoms with Gasteiger partial charge in [-0.1, -0.05) is 30.7 Å². The van der Waals surface area contributed by atoms with Gasteiger partial charge in [0.2, 0.25) is 5.91 Å². The van der Waals surface area contributed by atoms with Crippen LogP contribution in [-0.4, -0.2) is 28.9 Å². The number of anilines is 1. The zero-order valence-corrected chi connectivity index (χ0v) is 16.6. The molecule has 1 N–H and O–H groups in total. The summed E-state index contributed by atoms with van der Waals surface area (Å²) >= 11 is 7.49. The minimum absolute atomic E-state index is 0.0486. The van der Waals surface area contributed by atoms with E-state index in [0.717, 1.165) is 49.7 Å². The average molecular weight is 390 g/mol. The highest BCUT2D eigenvalue weighted by Crippen LogP contribution is 2.49. The van der Waals surface area contributed by atoms with Crippen molar-refractivity contribution >= 4 is 34.0 Å². The van der Waals surface area contributed by atoms with E-state index in [0.29, 0.717) is 10.2 Å². The van der Waals surface area contributed by atoms with Crippen molar-refractivity contribution in [2.45, 2.75) is 44.6 Å². The molecule has 0 spiro atoms. The van der Waals surface area contributed by atoms with E-state index in [9.17, 15) is 4.79 Å². The molecule has 138 valence electrons. The lowest BCUT2D eigenvalue weighted by Gasteiger charge is -2.29. The van der Waals surface area contributed by atoms with Gasteiger partial charge in [0.15, 0.2) is 5.13 Å². The first-order valence-electron chi connectivity index (χ1n) is 9.29. The molecule has 1 saturated carbocycles. The number of aromatic nitrogens is 1. The second-order valence-corrected chi connectivity index (χ2v) is 8.94. The summed E-state index contributed by atoms with van der Waals surface area (Å²) in [6.45, 7) is 5.48. The number of halogens is 1. The average Bonchev–Trinajstić information content (AvgIpc) is 3.34. The number of hydrogen-bond acceptors (Lipinski definition) is 4. The number of rotatable bonds is 5. The third-order valence-electron chi connectivity index (χ3n) is 5.62. The summed E-state index contributed by atoms with van der Waals surface area (Å²) in [7, 11) is 0. The maximum Gasteiger partial charge on any atom is 0.236 e. The number of thiazole rings is 1. The van der Waals surface area contributed by atoms with Crippen LogP contribution in [0, 0.1) is 5.92 Å². The fourth-order valence-corrected chi connectivity index (χ4v) is 4.47. The lowest BCUT2D eigenvalue weighted by molar-refractivity contribution is -0.118. The SMILES string of the molecule is CC1CCN(Cc2csc(NC(=O)C3(c4ccc(Cl)cc4)CC3)n2)CC1. The fraction of sp³-hybridized carbons (Fsp3) is 0.500. The van der Waals surface area contributed by atoms with E-state index in [1.807, 2.05) is 24.3 Å². The molecule has 0 unspecified atom stereocenters. The Balaban J connectivity index is 1.38. The number of nitrogens with one attached hydrogen (secondary N) is 1. The summed E-state index contributed by atoms with van der Waals surface area (Å²) in [5.74, 6) is 0.881. The standard InChI is InChI=1S/C20H24ClN3OS/c1-14-6-10-24(11-7-14)12-17-13-26-19(22-17)23-18(25)20(8-9-20)15-2-4-16(21)5-3-15/h2-5,13-14H,6-12H2,1H3,(H,22,23,25). The number of piperidine rings is 1. The lowest BCUT2D eigenvalue weighted by Crippen LogP contribution is -2.32. The van der Waals surface area contributed by atoms with E-state index in [2.05, 4.69) is 27.5 Å². The molecule has 0 atom stereocenters. The molecule has 1 aromatic heterocycles. The molecule has 0 bridgehead atoms. The predicted octanol–water partition coefficient (Wildman–Crippen LogP) is 4.70. The minimum atomic E-state index is -0.403. The summed E-state index contributed by atoms with van der Waals surface area (Å²) < 4.78 is 0. The number of benzene rings is 1. The Morgan fingerprint density at radius 3 is 2.65 bits per heavy atom. The number of likely N-dealkylation sites (tertiary alicyclic amines) is 1. The Morgan fingerprint density at radius 2 is 2.00 bits per heavy atom. The van der Waals surface area contributed by atoms with Gasteiger partial charge in [0.1, 0.15) is 0 Å². The van der Waals surface area contributed by atoms with Crippen LogP contribution in [0.25, 0.3) is 0 Å². The van der Waals surface area contributed by atoms with Crippen molar-refractivity contribution in [3.63, 3.8) is 0 Å². The topological polar surface area (TPSA) is 45.2 Å². The predicted molar refractivity (Wildman–Crippen MR) is 107 cm³/mol. The zero-order chi connectivity index (χ0) is 18.1. The molecule has 4 nitrogen and oxygen atoms in total. The Labute approximate surface area is 163 Å². The first-order chi connectivity index (χ1) is 12.5. The largest absolute Gasteiger partial charge is 0.301 e. The number of carbonyl (C=O) groups excluding carboxylic acids is 1. The summed E-state index contributed by atoms with van der Waals surface area (Å²) in [5.41, 5.74) is 1.69. The molecule has 2 aromatic rings. The molecule has 1 amide bonds. The van der Waals surface area contributed by atoms with Gasteiger partial charge in [-0.25, -0.2) is 4.98 Å². The van der Waals surface area contributed by atoms with Gasteiger partial charge in [0.25, 0.3) is 0 Å². The second kappa shape index (κ2) is 7.29. The van der Waals surface area contributed by atoms with Crippen molar-refractivity contribution in [3.05, 3.63) is 45.9 Å². The zero-order valence-electron chi connectivity index (χ0n) is 15.0. The van der Waals surface area contributed by atoms with Crippen LogP contribution in [0.4, 0.5) is 5.13 Å². The van der Waals surface area contributed by atoms with Gasteiger partial charge in [-0.15, -0.1) is 11.3 Å². The third-order valence-corrected chi connectivity index (χ3v) is 6.67. The summed E-state index contributed by atoms with van der Waals surface area (Å²) in [6.07, 6.45) is 4.28. The molecule has 26 heavy (non-hydrogen) atoms. The third kappa shape index (κ3) is 3.80. The van der Waals surface area contributed by atoms with Crippen molar-refractivity contribution in [2.75, 3.05) is 18.4 Å². The van der Waals surface area contributed by atoms with E-state index < -0.39 is 5.41 Å². The molecule has 2 heterocycles. The molecule has 0 radical (unpaired) electrons. The molecule has 1 aromatic carbocycles. The van der Waals surface area contributed by atoms with Crippen molar-refractivity contribution in [1.29, 1.82) is 0 Å². The molecular formula is C20H24ClN3OS. The van der Waals surface area contributed by atoms with Crippen molar-refractivity contribution in [3.8, 4) is 0 Å². The van der Waals surface area contributed by atoms with Gasteiger partial charge in [-0.05, 0) is 62.4 Å². The highest BCUT2D eigenvalue weighted by Gasteiger charge is 2.51. The number of hydrogen-bond donors (Lipinski definition) is 1. The van der Waals surface area contributed by atoms with E-state index in [1.165, 1.54) is 24.2 Å². The number of amides is 1. The maximum absolute atomic E-state index is 12.8. The van der Waals surface area contributed by atoms with Gasteiger partial charge in [0, 0.05) is 16.9 Å². The molecule has 1 aliphatic carbocycles. The molecule has 1 aliphatic heterocycles. The molecule has 4 rings (SSSR count). The number of nitrogens with zero attached hydrogens (tertiary/aromatic N) is 2. The first kappa shape index (κ1) is 18.0. The van der Waals surface area contributed by atoms with Crippen LogP contribution >= 0.6 is 22.9 Å². The Bertz CT molecular complexity index is 777. The van der Waals surface area contributed by atoms with Gasteiger partial charge in [0.05, 0.1) is 11.1 Å². The Kier molecular flexibility index (Phi) is 5.04. The Hall–Kier alpha value is -1.43. The summed E-state index contributed by atoms with van der Waals surface area (Å²) in [4.78, 5) is 19.9. The van der Waals surface area contributed by atoms with Crippen LogP contribution in [-0.2, 0) is 16.8 Å². The second-order valence-electron chi connectivity index (χ2n) is 7.65. The van der Waals surface area contributed by atoms with Crippen LogP contribution in [0.15, 0.2) is 29.6 Å². The summed E-state index contributed by atoms with van der Waals surface area (Å²) in [5, 5.41) is 6.50. The van der Waals surface area contributed by atoms with E-state index in [-0.39, 0.29) is 5.91 Å². The van der Waals surface area contributed by atoms with Gasteiger partial charge in [-0.2, -0.15) is 0 Å². The smallest absolute Gasteiger partial charge is 0.236 e. The number of carbonyl (C=O) groups is 1. The Morgan fingerprint density at radius 1 is 1.31 bits per heavy atom. The normalized spacial score (nSPS) is 20.1. The van der Waals surface area contributed by atoms with Crippen LogP contribution < -0.4 is 5.32 Å².